The first kappa shape index (κ1) is 17.4. The highest BCUT2D eigenvalue weighted by atomic mass is 16.6. The van der Waals surface area contributed by atoms with E-state index in [1.807, 2.05) is 12.1 Å². The Labute approximate surface area is 164 Å². The van der Waals surface area contributed by atoms with Gasteiger partial charge in [-0.3, -0.25) is 14.9 Å². The Morgan fingerprint density at radius 2 is 1.43 bits per heavy atom. The molecule has 0 aliphatic heterocycles. The molecule has 28 heavy (non-hydrogen) atoms. The van der Waals surface area contributed by atoms with Gasteiger partial charge in [0.15, 0.2) is 0 Å². The number of carbonyl (C=O) groups is 1. The summed E-state index contributed by atoms with van der Waals surface area (Å²) >= 11 is 0. The maximum Gasteiger partial charge on any atom is 0.269 e. The molecule has 2 aromatic rings. The van der Waals surface area contributed by atoms with Crippen molar-refractivity contribution in [3.63, 3.8) is 0 Å². The van der Waals surface area contributed by atoms with Crippen molar-refractivity contribution in [1.82, 2.24) is 0 Å². The summed E-state index contributed by atoms with van der Waals surface area (Å²) < 4.78 is 0. The molecule has 0 radical (unpaired) electrons. The van der Waals surface area contributed by atoms with Crippen LogP contribution in [0.3, 0.4) is 0 Å². The van der Waals surface area contributed by atoms with Crippen molar-refractivity contribution in [2.45, 2.75) is 43.9 Å². The number of benzene rings is 2. The number of nitro benzene ring substituents is 1. The second-order valence-electron chi connectivity index (χ2n) is 9.03. The number of rotatable bonds is 4. The maximum atomic E-state index is 12.4. The first-order valence-corrected chi connectivity index (χ1v) is 10.2. The Morgan fingerprint density at radius 3 is 1.93 bits per heavy atom. The van der Waals surface area contributed by atoms with E-state index >= 15 is 0 Å². The van der Waals surface area contributed by atoms with Crippen molar-refractivity contribution in [1.29, 1.82) is 0 Å². The normalized spacial score (nSPS) is 30.2. The molecule has 0 atom stereocenters. The van der Waals surface area contributed by atoms with Gasteiger partial charge < -0.3 is 5.32 Å². The first-order valence-electron chi connectivity index (χ1n) is 10.2. The lowest BCUT2D eigenvalue weighted by molar-refractivity contribution is -0.384. The van der Waals surface area contributed by atoms with Crippen LogP contribution in [0.5, 0.6) is 0 Å². The van der Waals surface area contributed by atoms with Crippen LogP contribution < -0.4 is 5.32 Å². The lowest BCUT2D eigenvalue weighted by atomic mass is 9.48. The molecule has 0 saturated heterocycles. The molecule has 6 rings (SSSR count). The lowest BCUT2D eigenvalue weighted by Gasteiger charge is -2.57. The minimum absolute atomic E-state index is 0.0172. The molecule has 4 fully saturated rings. The monoisotopic (exact) mass is 376 g/mol. The quantitative estimate of drug-likeness (QED) is 0.580. The number of nitrogens with one attached hydrogen (secondary N) is 1. The van der Waals surface area contributed by atoms with Crippen LogP contribution >= 0.6 is 0 Å². The molecule has 4 bridgehead atoms. The average Bonchev–Trinajstić information content (AvgIpc) is 2.67. The molecule has 1 amide bonds. The zero-order valence-electron chi connectivity index (χ0n) is 15.8. The Kier molecular flexibility index (Phi) is 4.00. The fraction of sp³-hybridized carbons (Fsp3) is 0.435. The second-order valence-corrected chi connectivity index (χ2v) is 9.03. The van der Waals surface area contributed by atoms with Gasteiger partial charge in [-0.05, 0) is 91.5 Å². The minimum Gasteiger partial charge on any atom is -0.322 e. The van der Waals surface area contributed by atoms with Gasteiger partial charge in [0.25, 0.3) is 11.6 Å². The third-order valence-corrected chi connectivity index (χ3v) is 7.13. The van der Waals surface area contributed by atoms with E-state index in [4.69, 9.17) is 0 Å². The van der Waals surface area contributed by atoms with Crippen molar-refractivity contribution in [2.75, 3.05) is 5.32 Å². The van der Waals surface area contributed by atoms with Gasteiger partial charge in [-0.15, -0.1) is 0 Å². The summed E-state index contributed by atoms with van der Waals surface area (Å²) in [5.41, 5.74) is 2.94. The molecule has 0 aromatic heterocycles. The van der Waals surface area contributed by atoms with Gasteiger partial charge >= 0.3 is 0 Å². The van der Waals surface area contributed by atoms with E-state index in [0.29, 0.717) is 11.0 Å². The minimum atomic E-state index is -0.467. The van der Waals surface area contributed by atoms with Crippen molar-refractivity contribution in [3.05, 3.63) is 69.8 Å². The Hall–Kier alpha value is -2.69. The molecule has 0 spiro atoms. The number of hydrogen-bond donors (Lipinski definition) is 1. The molecule has 5 nitrogen and oxygen atoms in total. The molecular formula is C23H24N2O3. The molecule has 0 unspecified atom stereocenters. The van der Waals surface area contributed by atoms with Gasteiger partial charge in [0.1, 0.15) is 0 Å². The summed E-state index contributed by atoms with van der Waals surface area (Å²) in [7, 11) is 0. The number of nitro groups is 1. The number of hydrogen-bond acceptors (Lipinski definition) is 3. The van der Waals surface area contributed by atoms with Crippen LogP contribution in [0.2, 0.25) is 0 Å². The van der Waals surface area contributed by atoms with E-state index < -0.39 is 4.92 Å². The van der Waals surface area contributed by atoms with E-state index in [0.717, 1.165) is 23.4 Å². The number of carbonyl (C=O) groups excluding carboxylic acids is 1. The van der Waals surface area contributed by atoms with Crippen LogP contribution in [0.4, 0.5) is 11.4 Å². The fourth-order valence-corrected chi connectivity index (χ4v) is 6.31. The Balaban J connectivity index is 1.30. The zero-order valence-corrected chi connectivity index (χ0v) is 15.8. The molecule has 4 aliphatic rings. The van der Waals surface area contributed by atoms with Crippen LogP contribution in [0.15, 0.2) is 48.5 Å². The summed E-state index contributed by atoms with van der Waals surface area (Å²) in [6.07, 6.45) is 8.28. The predicted octanol–water partition coefficient (Wildman–Crippen LogP) is 5.31. The second kappa shape index (κ2) is 6.43. The Morgan fingerprint density at radius 1 is 0.893 bits per heavy atom. The van der Waals surface area contributed by atoms with E-state index in [1.54, 1.807) is 0 Å². The fourth-order valence-electron chi connectivity index (χ4n) is 6.31. The number of nitrogens with zero attached hydrogens (tertiary/aromatic N) is 1. The van der Waals surface area contributed by atoms with Gasteiger partial charge in [0.05, 0.1) is 4.92 Å². The smallest absolute Gasteiger partial charge is 0.269 e. The van der Waals surface area contributed by atoms with Gasteiger partial charge in [-0.1, -0.05) is 12.1 Å². The molecule has 4 aliphatic carbocycles. The summed E-state index contributed by atoms with van der Waals surface area (Å²) in [6.45, 7) is 0. The van der Waals surface area contributed by atoms with Crippen LogP contribution in [0.25, 0.3) is 0 Å². The van der Waals surface area contributed by atoms with E-state index in [1.165, 1.54) is 68.4 Å². The third-order valence-electron chi connectivity index (χ3n) is 7.13. The van der Waals surface area contributed by atoms with Crippen molar-refractivity contribution in [2.24, 2.45) is 17.8 Å². The maximum absolute atomic E-state index is 12.4. The number of amides is 1. The summed E-state index contributed by atoms with van der Waals surface area (Å²) in [4.78, 5) is 22.7. The molecule has 1 N–H and O–H groups in total. The Bertz CT molecular complexity index is 883. The SMILES string of the molecule is O=C(Nc1ccc(C23CC4CC(CC(C4)C2)C3)cc1)c1ccc([N+](=O)[O-])cc1. The molecule has 4 saturated carbocycles. The standard InChI is InChI=1S/C23H24N2O3/c26-22(18-1-7-21(8-2-18)25(27)28)24-20-5-3-19(4-6-20)23-12-15-9-16(13-23)11-17(10-15)14-23/h1-8,15-17H,9-14H2,(H,24,26). The van der Waals surface area contributed by atoms with Crippen molar-refractivity contribution in [3.8, 4) is 0 Å². The summed E-state index contributed by atoms with van der Waals surface area (Å²) in [6, 6.07) is 14.1. The zero-order chi connectivity index (χ0) is 19.3. The van der Waals surface area contributed by atoms with E-state index in [-0.39, 0.29) is 11.6 Å². The molecule has 0 heterocycles. The predicted molar refractivity (Wildman–Crippen MR) is 107 cm³/mol. The van der Waals surface area contributed by atoms with Gasteiger partial charge in [0, 0.05) is 23.4 Å². The molecule has 144 valence electrons. The number of anilines is 1. The van der Waals surface area contributed by atoms with Crippen LogP contribution in [0, 0.1) is 27.9 Å². The highest BCUT2D eigenvalue weighted by Crippen LogP contribution is 2.60. The number of non-ortho nitro benzene ring substituents is 1. The van der Waals surface area contributed by atoms with Crippen molar-refractivity contribution < 1.29 is 9.72 Å². The largest absolute Gasteiger partial charge is 0.322 e. The van der Waals surface area contributed by atoms with Gasteiger partial charge in [0.2, 0.25) is 0 Å². The molecule has 2 aromatic carbocycles. The highest BCUT2D eigenvalue weighted by molar-refractivity contribution is 6.04. The third kappa shape index (κ3) is 2.99. The average molecular weight is 376 g/mol. The van der Waals surface area contributed by atoms with E-state index in [2.05, 4.69) is 17.4 Å². The van der Waals surface area contributed by atoms with Crippen LogP contribution in [-0.2, 0) is 5.41 Å². The highest BCUT2D eigenvalue weighted by Gasteiger charge is 2.51. The van der Waals surface area contributed by atoms with Crippen molar-refractivity contribution >= 4 is 17.3 Å². The summed E-state index contributed by atoms with van der Waals surface area (Å²) in [5.74, 6) is 2.48. The van der Waals surface area contributed by atoms with Crippen LogP contribution in [0.1, 0.15) is 54.4 Å². The summed E-state index contributed by atoms with van der Waals surface area (Å²) in [5, 5.41) is 13.6. The topological polar surface area (TPSA) is 72.2 Å². The van der Waals surface area contributed by atoms with E-state index in [9.17, 15) is 14.9 Å². The lowest BCUT2D eigenvalue weighted by Crippen LogP contribution is -2.48. The van der Waals surface area contributed by atoms with Crippen LogP contribution in [-0.4, -0.2) is 10.8 Å². The first-order chi connectivity index (χ1) is 13.5. The van der Waals surface area contributed by atoms with Gasteiger partial charge in [-0.25, -0.2) is 0 Å². The van der Waals surface area contributed by atoms with Gasteiger partial charge in [-0.2, -0.15) is 0 Å². The molecular weight excluding hydrogens is 352 g/mol. The molecule has 5 heteroatoms.